The number of carbonyl (C=O) groups excluding carboxylic acids is 1. The minimum atomic E-state index is -0.398. The Morgan fingerprint density at radius 3 is 2.68 bits per heavy atom. The zero-order chi connectivity index (χ0) is 13.4. The average Bonchev–Trinajstić information content (AvgIpc) is 2.71. The second-order valence-electron chi connectivity index (χ2n) is 4.84. The number of fused-ring (bicyclic) bond motifs is 1. The zero-order valence-corrected chi connectivity index (χ0v) is 10.9. The summed E-state index contributed by atoms with van der Waals surface area (Å²) in [6.45, 7) is 4.10. The Bertz CT molecular complexity index is 649. The molecule has 96 valence electrons. The van der Waals surface area contributed by atoms with Gasteiger partial charge in [0.05, 0.1) is 5.56 Å². The SMILES string of the molecule is Cc1ccc(NC2OC(=O)c3ccccc32)c(C)c1. The number of ether oxygens (including phenoxy) is 1. The predicted octanol–water partition coefficient (Wildman–Crippen LogP) is 3.58. The fraction of sp³-hybridized carbons (Fsp3) is 0.188. The van der Waals surface area contributed by atoms with Crippen LogP contribution in [0.3, 0.4) is 0 Å². The molecule has 1 aliphatic rings. The van der Waals surface area contributed by atoms with E-state index in [1.54, 1.807) is 6.07 Å². The molecular weight excluding hydrogens is 238 g/mol. The van der Waals surface area contributed by atoms with E-state index in [1.807, 2.05) is 37.3 Å². The maximum atomic E-state index is 11.7. The maximum Gasteiger partial charge on any atom is 0.340 e. The molecule has 1 atom stereocenters. The summed E-state index contributed by atoms with van der Waals surface area (Å²) in [4.78, 5) is 11.7. The molecule has 0 fully saturated rings. The molecule has 3 nitrogen and oxygen atoms in total. The third-order valence-corrected chi connectivity index (χ3v) is 3.36. The minimum Gasteiger partial charge on any atom is -0.434 e. The molecule has 2 aromatic carbocycles. The fourth-order valence-electron chi connectivity index (χ4n) is 2.37. The number of nitrogens with one attached hydrogen (secondary N) is 1. The van der Waals surface area contributed by atoms with Crippen LogP contribution in [0.1, 0.15) is 33.3 Å². The lowest BCUT2D eigenvalue weighted by Gasteiger charge is -2.16. The fourth-order valence-corrected chi connectivity index (χ4v) is 2.37. The maximum absolute atomic E-state index is 11.7. The Morgan fingerprint density at radius 1 is 1.11 bits per heavy atom. The van der Waals surface area contributed by atoms with Crippen molar-refractivity contribution in [1.29, 1.82) is 0 Å². The van der Waals surface area contributed by atoms with Gasteiger partial charge in [-0.15, -0.1) is 0 Å². The van der Waals surface area contributed by atoms with E-state index in [4.69, 9.17) is 4.74 Å². The number of benzene rings is 2. The number of carbonyl (C=O) groups is 1. The smallest absolute Gasteiger partial charge is 0.340 e. The molecule has 19 heavy (non-hydrogen) atoms. The minimum absolute atomic E-state index is 0.266. The molecule has 0 aliphatic carbocycles. The second kappa shape index (κ2) is 4.43. The summed E-state index contributed by atoms with van der Waals surface area (Å²) in [5, 5.41) is 3.28. The van der Waals surface area contributed by atoms with E-state index in [0.29, 0.717) is 5.56 Å². The average molecular weight is 253 g/mol. The number of aryl methyl sites for hydroxylation is 2. The Labute approximate surface area is 112 Å². The van der Waals surface area contributed by atoms with E-state index >= 15 is 0 Å². The lowest BCUT2D eigenvalue weighted by molar-refractivity contribution is 0.0437. The van der Waals surface area contributed by atoms with Gasteiger partial charge in [0.1, 0.15) is 0 Å². The summed E-state index contributed by atoms with van der Waals surface area (Å²) in [7, 11) is 0. The Balaban J connectivity index is 1.91. The van der Waals surface area contributed by atoms with Crippen LogP contribution in [0.4, 0.5) is 5.69 Å². The van der Waals surface area contributed by atoms with Gasteiger partial charge >= 0.3 is 5.97 Å². The van der Waals surface area contributed by atoms with Gasteiger partial charge in [-0.1, -0.05) is 35.9 Å². The zero-order valence-electron chi connectivity index (χ0n) is 10.9. The van der Waals surface area contributed by atoms with Crippen molar-refractivity contribution >= 4 is 11.7 Å². The van der Waals surface area contributed by atoms with E-state index < -0.39 is 6.23 Å². The van der Waals surface area contributed by atoms with Crippen molar-refractivity contribution in [2.75, 3.05) is 5.32 Å². The molecule has 0 saturated heterocycles. The number of hydrogen-bond acceptors (Lipinski definition) is 3. The lowest BCUT2D eigenvalue weighted by Crippen LogP contribution is -2.11. The van der Waals surface area contributed by atoms with Gasteiger partial charge in [0, 0.05) is 11.3 Å². The van der Waals surface area contributed by atoms with E-state index in [-0.39, 0.29) is 5.97 Å². The molecule has 0 amide bonds. The third kappa shape index (κ3) is 2.08. The molecule has 1 N–H and O–H groups in total. The van der Waals surface area contributed by atoms with Crippen LogP contribution in [0.5, 0.6) is 0 Å². The molecule has 1 unspecified atom stereocenters. The Morgan fingerprint density at radius 2 is 1.89 bits per heavy atom. The molecule has 2 aromatic rings. The van der Waals surface area contributed by atoms with Gasteiger partial charge in [-0.25, -0.2) is 4.79 Å². The van der Waals surface area contributed by atoms with Crippen molar-refractivity contribution in [1.82, 2.24) is 0 Å². The first-order valence-electron chi connectivity index (χ1n) is 6.29. The molecule has 1 aliphatic heterocycles. The van der Waals surface area contributed by atoms with E-state index in [9.17, 15) is 4.79 Å². The van der Waals surface area contributed by atoms with Gasteiger partial charge in [-0.3, -0.25) is 0 Å². The largest absolute Gasteiger partial charge is 0.434 e. The van der Waals surface area contributed by atoms with Crippen molar-refractivity contribution < 1.29 is 9.53 Å². The van der Waals surface area contributed by atoms with Crippen molar-refractivity contribution in [2.24, 2.45) is 0 Å². The normalized spacial score (nSPS) is 16.9. The van der Waals surface area contributed by atoms with Gasteiger partial charge in [0.2, 0.25) is 6.23 Å². The van der Waals surface area contributed by atoms with Gasteiger partial charge in [0.25, 0.3) is 0 Å². The van der Waals surface area contributed by atoms with E-state index in [1.165, 1.54) is 5.56 Å². The highest BCUT2D eigenvalue weighted by Crippen LogP contribution is 2.32. The van der Waals surface area contributed by atoms with Crippen molar-refractivity contribution in [3.8, 4) is 0 Å². The summed E-state index contributed by atoms with van der Waals surface area (Å²) >= 11 is 0. The summed E-state index contributed by atoms with van der Waals surface area (Å²) in [6.07, 6.45) is -0.398. The molecule has 0 spiro atoms. The first-order chi connectivity index (χ1) is 9.15. The molecule has 3 heteroatoms. The van der Waals surface area contributed by atoms with Crippen LogP contribution in [-0.2, 0) is 4.74 Å². The number of hydrogen-bond donors (Lipinski definition) is 1. The summed E-state index contributed by atoms with van der Waals surface area (Å²) in [5.41, 5.74) is 4.88. The highest BCUT2D eigenvalue weighted by atomic mass is 16.6. The predicted molar refractivity (Wildman–Crippen MR) is 74.1 cm³/mol. The van der Waals surface area contributed by atoms with Crippen LogP contribution in [0.25, 0.3) is 0 Å². The molecule has 3 rings (SSSR count). The highest BCUT2D eigenvalue weighted by Gasteiger charge is 2.30. The van der Waals surface area contributed by atoms with E-state index in [0.717, 1.165) is 16.8 Å². The van der Waals surface area contributed by atoms with Crippen molar-refractivity contribution in [2.45, 2.75) is 20.1 Å². The number of anilines is 1. The number of esters is 1. The standard InChI is InChI=1S/C16H15NO2/c1-10-7-8-14(11(2)9-10)17-15-12-5-3-4-6-13(12)16(18)19-15/h3-9,15,17H,1-2H3. The monoisotopic (exact) mass is 253 g/mol. The van der Waals surface area contributed by atoms with Crippen LogP contribution in [0.15, 0.2) is 42.5 Å². The summed E-state index contributed by atoms with van der Waals surface area (Å²) in [6, 6.07) is 13.6. The quantitative estimate of drug-likeness (QED) is 0.831. The molecule has 0 radical (unpaired) electrons. The summed E-state index contributed by atoms with van der Waals surface area (Å²) < 4.78 is 5.37. The molecule has 0 saturated carbocycles. The molecular formula is C16H15NO2. The van der Waals surface area contributed by atoms with Crippen LogP contribution in [0.2, 0.25) is 0 Å². The van der Waals surface area contributed by atoms with Gasteiger partial charge in [-0.05, 0) is 31.5 Å². The molecule has 1 heterocycles. The van der Waals surface area contributed by atoms with Crippen LogP contribution in [-0.4, -0.2) is 5.97 Å². The van der Waals surface area contributed by atoms with Crippen molar-refractivity contribution in [3.05, 3.63) is 64.7 Å². The Hall–Kier alpha value is -2.29. The highest BCUT2D eigenvalue weighted by molar-refractivity contribution is 5.94. The summed E-state index contributed by atoms with van der Waals surface area (Å²) in [5.74, 6) is -0.266. The third-order valence-electron chi connectivity index (χ3n) is 3.36. The first kappa shape index (κ1) is 11.8. The van der Waals surface area contributed by atoms with Gasteiger partial charge < -0.3 is 10.1 Å². The van der Waals surface area contributed by atoms with Crippen LogP contribution < -0.4 is 5.32 Å². The van der Waals surface area contributed by atoms with Gasteiger partial charge in [0.15, 0.2) is 0 Å². The van der Waals surface area contributed by atoms with Crippen LogP contribution >= 0.6 is 0 Å². The van der Waals surface area contributed by atoms with Crippen LogP contribution in [0, 0.1) is 13.8 Å². The topological polar surface area (TPSA) is 38.3 Å². The second-order valence-corrected chi connectivity index (χ2v) is 4.84. The first-order valence-corrected chi connectivity index (χ1v) is 6.29. The number of cyclic esters (lactones) is 1. The van der Waals surface area contributed by atoms with Gasteiger partial charge in [-0.2, -0.15) is 0 Å². The number of rotatable bonds is 2. The van der Waals surface area contributed by atoms with Crippen molar-refractivity contribution in [3.63, 3.8) is 0 Å². The molecule has 0 aromatic heterocycles. The van der Waals surface area contributed by atoms with E-state index in [2.05, 4.69) is 18.3 Å². The Kier molecular flexibility index (Phi) is 2.75. The lowest BCUT2D eigenvalue weighted by atomic mass is 10.1. The molecule has 0 bridgehead atoms.